The lowest BCUT2D eigenvalue weighted by molar-refractivity contribution is -0.0405. The van der Waals surface area contributed by atoms with Crippen molar-refractivity contribution in [3.8, 4) is 0 Å². The first kappa shape index (κ1) is 16.7. The van der Waals surface area contributed by atoms with E-state index in [1.165, 1.54) is 0 Å². The molecule has 0 aromatic carbocycles. The van der Waals surface area contributed by atoms with Crippen LogP contribution < -0.4 is 0 Å². The molecule has 0 saturated carbocycles. The quantitative estimate of drug-likeness (QED) is 0.431. The molecule has 8 nitrogen and oxygen atoms in total. The number of aliphatic hydroxyl groups is 3. The lowest BCUT2D eigenvalue weighted by Gasteiger charge is -2.17. The molecular formula is C8H18O8S. The molecular weight excluding hydrogens is 256 g/mol. The van der Waals surface area contributed by atoms with Crippen LogP contribution in [0.25, 0.3) is 0 Å². The van der Waals surface area contributed by atoms with E-state index in [2.05, 4.69) is 0 Å². The second kappa shape index (κ2) is 7.93. The molecule has 3 atom stereocenters. The molecule has 1 saturated heterocycles. The van der Waals surface area contributed by atoms with Crippen molar-refractivity contribution >= 4 is 10.1 Å². The summed E-state index contributed by atoms with van der Waals surface area (Å²) in [5.41, 5.74) is 0. The molecule has 17 heavy (non-hydrogen) atoms. The van der Waals surface area contributed by atoms with Crippen LogP contribution in [0, 0.1) is 0 Å². The Balaban J connectivity index is 0.000000437. The Bertz CT molecular complexity index is 276. The minimum Gasteiger partial charge on any atom is -0.394 e. The van der Waals surface area contributed by atoms with Crippen LogP contribution in [-0.4, -0.2) is 72.9 Å². The van der Waals surface area contributed by atoms with E-state index in [1.807, 2.05) is 0 Å². The van der Waals surface area contributed by atoms with Crippen LogP contribution >= 0.6 is 0 Å². The number of hydrogen-bond acceptors (Lipinski definition) is 7. The van der Waals surface area contributed by atoms with E-state index >= 15 is 0 Å². The molecule has 0 amide bonds. The maximum absolute atomic E-state index is 9.23. The van der Waals surface area contributed by atoms with Crippen molar-refractivity contribution in [3.05, 3.63) is 0 Å². The normalized spacial score (nSPS) is 23.7. The first-order valence-corrected chi connectivity index (χ1v) is 6.67. The summed E-state index contributed by atoms with van der Waals surface area (Å²) in [7, 11) is -3.67. The van der Waals surface area contributed by atoms with Crippen molar-refractivity contribution in [1.82, 2.24) is 0 Å². The molecule has 0 bridgehead atoms. The summed E-state index contributed by atoms with van der Waals surface area (Å²) >= 11 is 0. The summed E-state index contributed by atoms with van der Waals surface area (Å²) in [6, 6.07) is 0. The maximum Gasteiger partial charge on any atom is 0.261 e. The van der Waals surface area contributed by atoms with Crippen LogP contribution in [0.15, 0.2) is 0 Å². The second-order valence-corrected chi connectivity index (χ2v) is 5.03. The van der Waals surface area contributed by atoms with E-state index in [4.69, 9.17) is 24.2 Å². The van der Waals surface area contributed by atoms with Crippen molar-refractivity contribution in [2.24, 2.45) is 0 Å². The van der Waals surface area contributed by atoms with Gasteiger partial charge in [0.25, 0.3) is 10.1 Å². The van der Waals surface area contributed by atoms with Crippen LogP contribution in [0.2, 0.25) is 0 Å². The molecule has 0 aromatic rings. The molecule has 1 fully saturated rings. The van der Waals surface area contributed by atoms with Gasteiger partial charge in [-0.15, -0.1) is 0 Å². The van der Waals surface area contributed by atoms with Crippen molar-refractivity contribution in [2.75, 3.05) is 26.3 Å². The fourth-order valence-electron chi connectivity index (χ4n) is 1.06. The van der Waals surface area contributed by atoms with Gasteiger partial charge in [0.15, 0.2) is 0 Å². The van der Waals surface area contributed by atoms with Crippen LogP contribution in [0.5, 0.6) is 0 Å². The van der Waals surface area contributed by atoms with Crippen LogP contribution in [0.3, 0.4) is 0 Å². The maximum atomic E-state index is 9.23. The van der Waals surface area contributed by atoms with Crippen molar-refractivity contribution in [2.45, 2.75) is 24.7 Å². The Labute approximate surface area is 99.5 Å². The molecule has 0 radical (unpaired) electrons. The SMILES string of the molecule is CS(=O)(=O)O.OCC(O)C(O)CC1COCO1. The monoisotopic (exact) mass is 274 g/mol. The van der Waals surface area contributed by atoms with Gasteiger partial charge in [-0.3, -0.25) is 4.55 Å². The zero-order valence-corrected chi connectivity index (χ0v) is 10.2. The molecule has 3 unspecified atom stereocenters. The highest BCUT2D eigenvalue weighted by atomic mass is 32.2. The molecule has 0 aliphatic carbocycles. The summed E-state index contributed by atoms with van der Waals surface area (Å²) in [6.07, 6.45) is -1.19. The molecule has 104 valence electrons. The highest BCUT2D eigenvalue weighted by Crippen LogP contribution is 2.11. The van der Waals surface area contributed by atoms with E-state index in [1.54, 1.807) is 0 Å². The average molecular weight is 274 g/mol. The third-order valence-corrected chi connectivity index (χ3v) is 1.83. The largest absolute Gasteiger partial charge is 0.394 e. The predicted octanol–water partition coefficient (Wildman–Crippen LogP) is -2.03. The van der Waals surface area contributed by atoms with Gasteiger partial charge in [-0.05, 0) is 0 Å². The van der Waals surface area contributed by atoms with Gasteiger partial charge in [0.05, 0.1) is 31.7 Å². The average Bonchev–Trinajstić information content (AvgIpc) is 2.66. The van der Waals surface area contributed by atoms with Crippen molar-refractivity contribution in [1.29, 1.82) is 0 Å². The van der Waals surface area contributed by atoms with E-state index in [0.29, 0.717) is 19.3 Å². The lowest BCUT2D eigenvalue weighted by Crippen LogP contribution is -2.33. The summed E-state index contributed by atoms with van der Waals surface area (Å²) in [5, 5.41) is 26.7. The lowest BCUT2D eigenvalue weighted by atomic mass is 10.1. The second-order valence-electron chi connectivity index (χ2n) is 3.56. The van der Waals surface area contributed by atoms with Gasteiger partial charge in [0.1, 0.15) is 12.9 Å². The Morgan fingerprint density at radius 2 is 1.88 bits per heavy atom. The first-order chi connectivity index (χ1) is 7.74. The Kier molecular flexibility index (Phi) is 7.79. The molecule has 1 aliphatic heterocycles. The van der Waals surface area contributed by atoms with E-state index in [-0.39, 0.29) is 12.9 Å². The summed E-state index contributed by atoms with van der Waals surface area (Å²) in [5.74, 6) is 0. The fourth-order valence-corrected chi connectivity index (χ4v) is 1.06. The number of hydrogen-bond donors (Lipinski definition) is 4. The highest BCUT2D eigenvalue weighted by Gasteiger charge is 2.24. The molecule has 0 spiro atoms. The van der Waals surface area contributed by atoms with Gasteiger partial charge in [0.2, 0.25) is 0 Å². The topological polar surface area (TPSA) is 134 Å². The smallest absolute Gasteiger partial charge is 0.261 e. The predicted molar refractivity (Wildman–Crippen MR) is 56.9 cm³/mol. The number of aliphatic hydroxyl groups excluding tert-OH is 3. The molecule has 1 aliphatic rings. The van der Waals surface area contributed by atoms with Crippen LogP contribution in [0.4, 0.5) is 0 Å². The first-order valence-electron chi connectivity index (χ1n) is 4.82. The van der Waals surface area contributed by atoms with Gasteiger partial charge in [-0.25, -0.2) is 0 Å². The van der Waals surface area contributed by atoms with Gasteiger partial charge in [0, 0.05) is 6.42 Å². The van der Waals surface area contributed by atoms with Gasteiger partial charge < -0.3 is 24.8 Å². The van der Waals surface area contributed by atoms with Gasteiger partial charge in [-0.2, -0.15) is 8.42 Å². The fraction of sp³-hybridized carbons (Fsp3) is 1.00. The molecule has 9 heteroatoms. The minimum atomic E-state index is -3.67. The zero-order chi connectivity index (χ0) is 13.5. The van der Waals surface area contributed by atoms with Gasteiger partial charge in [-0.1, -0.05) is 0 Å². The van der Waals surface area contributed by atoms with Gasteiger partial charge >= 0.3 is 0 Å². The van der Waals surface area contributed by atoms with E-state index < -0.39 is 28.9 Å². The van der Waals surface area contributed by atoms with Crippen molar-refractivity contribution < 1.29 is 37.8 Å². The Morgan fingerprint density at radius 3 is 2.24 bits per heavy atom. The summed E-state index contributed by atoms with van der Waals surface area (Å²) in [6.45, 7) is 0.247. The summed E-state index contributed by atoms with van der Waals surface area (Å²) in [4.78, 5) is 0. The van der Waals surface area contributed by atoms with Crippen molar-refractivity contribution in [3.63, 3.8) is 0 Å². The van der Waals surface area contributed by atoms with E-state index in [9.17, 15) is 13.5 Å². The molecule has 4 N–H and O–H groups in total. The molecule has 0 aromatic heterocycles. The highest BCUT2D eigenvalue weighted by molar-refractivity contribution is 7.85. The number of rotatable bonds is 4. The molecule has 1 rings (SSSR count). The Morgan fingerprint density at radius 1 is 1.35 bits per heavy atom. The van der Waals surface area contributed by atoms with E-state index in [0.717, 1.165) is 0 Å². The third-order valence-electron chi connectivity index (χ3n) is 1.83. The standard InChI is InChI=1S/C7H14O5.CH4O3S/c8-2-7(10)6(9)1-5-3-11-4-12-5;1-5(2,3)4/h5-10H,1-4H2;1H3,(H,2,3,4). The number of ether oxygens (including phenoxy) is 2. The van der Waals surface area contributed by atoms with Crippen LogP contribution in [-0.2, 0) is 19.6 Å². The molecule has 1 heterocycles. The Hall–Kier alpha value is -0.290. The summed E-state index contributed by atoms with van der Waals surface area (Å²) < 4.78 is 35.8. The minimum absolute atomic E-state index is 0.166. The van der Waals surface area contributed by atoms with Crippen LogP contribution in [0.1, 0.15) is 6.42 Å². The zero-order valence-electron chi connectivity index (χ0n) is 9.39. The third kappa shape index (κ3) is 10.6.